The van der Waals surface area contributed by atoms with Crippen LogP contribution in [0.25, 0.3) is 0 Å². The van der Waals surface area contributed by atoms with Crippen LogP contribution in [0.4, 0.5) is 0 Å². The molecule has 0 aliphatic carbocycles. The number of pyridine rings is 1. The molecule has 2 heterocycles. The van der Waals surface area contributed by atoms with Gasteiger partial charge in [0, 0.05) is 30.6 Å². The number of hydrogen-bond donors (Lipinski definition) is 2. The number of carbonyl (C=O) groups is 1. The Hall–Kier alpha value is -2.21. The second kappa shape index (κ2) is 4.11. The van der Waals surface area contributed by atoms with Gasteiger partial charge in [-0.25, -0.2) is 0 Å². The van der Waals surface area contributed by atoms with E-state index in [1.807, 2.05) is 0 Å². The maximum atomic E-state index is 11.9. The first kappa shape index (κ1) is 10.3. The summed E-state index contributed by atoms with van der Waals surface area (Å²) in [6.45, 7) is 0.186. The first-order chi connectivity index (χ1) is 7.72. The fourth-order valence-corrected chi connectivity index (χ4v) is 1.32. The van der Waals surface area contributed by atoms with Crippen molar-refractivity contribution in [2.75, 3.05) is 0 Å². The zero-order valence-corrected chi connectivity index (χ0v) is 8.38. The first-order valence-electron chi connectivity index (χ1n) is 4.68. The zero-order valence-electron chi connectivity index (χ0n) is 8.38. The van der Waals surface area contributed by atoms with Crippen LogP contribution in [0.15, 0.2) is 35.4 Å². The molecular formula is C10H10N4O2. The molecule has 0 aliphatic rings. The minimum Gasteiger partial charge on any atom is -0.325 e. The molecule has 16 heavy (non-hydrogen) atoms. The second-order valence-electron chi connectivity index (χ2n) is 3.20. The molecule has 0 fully saturated rings. The Bertz CT molecular complexity index is 556. The largest absolute Gasteiger partial charge is 0.325 e. The molecule has 6 nitrogen and oxygen atoms in total. The van der Waals surface area contributed by atoms with Crippen LogP contribution in [-0.4, -0.2) is 20.7 Å². The molecule has 0 saturated carbocycles. The van der Waals surface area contributed by atoms with Gasteiger partial charge in [0.05, 0.1) is 5.69 Å². The topological polar surface area (TPSA) is 93.8 Å². The summed E-state index contributed by atoms with van der Waals surface area (Å²) < 4.78 is 0.928. The van der Waals surface area contributed by atoms with E-state index in [0.29, 0.717) is 11.3 Å². The summed E-state index contributed by atoms with van der Waals surface area (Å²) in [5.74, 6) is -0.424. The van der Waals surface area contributed by atoms with Crippen molar-refractivity contribution < 1.29 is 4.79 Å². The highest BCUT2D eigenvalue weighted by molar-refractivity contribution is 5.95. The van der Waals surface area contributed by atoms with Gasteiger partial charge in [0.1, 0.15) is 0 Å². The van der Waals surface area contributed by atoms with Gasteiger partial charge in [-0.15, -0.1) is 0 Å². The maximum Gasteiger partial charge on any atom is 0.279 e. The van der Waals surface area contributed by atoms with Crippen LogP contribution in [0, 0.1) is 0 Å². The van der Waals surface area contributed by atoms with E-state index < -0.39 is 11.5 Å². The average Bonchev–Trinajstić information content (AvgIpc) is 2.71. The third-order valence-corrected chi connectivity index (χ3v) is 2.12. The Balaban J connectivity index is 2.42. The highest BCUT2D eigenvalue weighted by Crippen LogP contribution is 1.99. The van der Waals surface area contributed by atoms with Crippen LogP contribution < -0.4 is 11.3 Å². The minimum atomic E-state index is -0.424. The molecule has 0 atom stereocenters. The van der Waals surface area contributed by atoms with Gasteiger partial charge in [0.25, 0.3) is 11.5 Å². The molecule has 0 radical (unpaired) electrons. The number of rotatable bonds is 2. The molecule has 0 aromatic carbocycles. The number of H-pyrrole nitrogens is 1. The van der Waals surface area contributed by atoms with Crippen molar-refractivity contribution in [1.82, 2.24) is 14.8 Å². The molecule has 0 amide bonds. The van der Waals surface area contributed by atoms with E-state index in [2.05, 4.69) is 10.1 Å². The van der Waals surface area contributed by atoms with Crippen molar-refractivity contribution in [2.45, 2.75) is 6.54 Å². The summed E-state index contributed by atoms with van der Waals surface area (Å²) in [5, 5.41) is 2.64. The van der Waals surface area contributed by atoms with Crippen LogP contribution in [-0.2, 0) is 6.54 Å². The number of nitrogens with zero attached hydrogens (tertiary/aromatic N) is 2. The fourth-order valence-electron chi connectivity index (χ4n) is 1.32. The van der Waals surface area contributed by atoms with Crippen molar-refractivity contribution in [2.24, 2.45) is 5.73 Å². The molecular weight excluding hydrogens is 208 g/mol. The lowest BCUT2D eigenvalue weighted by atomic mass is 10.2. The molecule has 0 aliphatic heterocycles. The summed E-state index contributed by atoms with van der Waals surface area (Å²) in [6, 6.07) is 4.38. The van der Waals surface area contributed by atoms with Crippen molar-refractivity contribution in [3.8, 4) is 0 Å². The molecule has 0 spiro atoms. The fraction of sp³-hybridized carbons (Fsp3) is 0.100. The highest BCUT2D eigenvalue weighted by atomic mass is 16.2. The predicted molar refractivity (Wildman–Crippen MR) is 56.9 cm³/mol. The van der Waals surface area contributed by atoms with E-state index in [9.17, 15) is 9.59 Å². The van der Waals surface area contributed by atoms with Gasteiger partial charge in [0.15, 0.2) is 0 Å². The number of carbonyl (C=O) groups excluding carboxylic acids is 1. The van der Waals surface area contributed by atoms with E-state index in [-0.39, 0.29) is 6.54 Å². The molecule has 2 aromatic rings. The summed E-state index contributed by atoms with van der Waals surface area (Å²) in [6.07, 6.45) is 2.98. The third-order valence-electron chi connectivity index (χ3n) is 2.12. The van der Waals surface area contributed by atoms with Gasteiger partial charge < -0.3 is 5.73 Å². The SMILES string of the molecule is NCc1cc(=O)n(C(=O)c2ccncc2)[nH]1. The Labute approximate surface area is 90.7 Å². The van der Waals surface area contributed by atoms with Gasteiger partial charge in [0.2, 0.25) is 0 Å². The lowest BCUT2D eigenvalue weighted by Gasteiger charge is -1.99. The summed E-state index contributed by atoms with van der Waals surface area (Å²) in [4.78, 5) is 27.1. The molecule has 2 rings (SSSR count). The smallest absolute Gasteiger partial charge is 0.279 e. The van der Waals surface area contributed by atoms with E-state index in [4.69, 9.17) is 5.73 Å². The van der Waals surface area contributed by atoms with Crippen molar-refractivity contribution in [1.29, 1.82) is 0 Å². The van der Waals surface area contributed by atoms with E-state index in [0.717, 1.165) is 4.68 Å². The van der Waals surface area contributed by atoms with Crippen LogP contribution in [0.3, 0.4) is 0 Å². The number of aromatic nitrogens is 3. The van der Waals surface area contributed by atoms with Crippen LogP contribution >= 0.6 is 0 Å². The van der Waals surface area contributed by atoms with Gasteiger partial charge in [-0.2, -0.15) is 4.68 Å². The van der Waals surface area contributed by atoms with E-state index in [1.54, 1.807) is 0 Å². The van der Waals surface area contributed by atoms with E-state index in [1.165, 1.54) is 30.6 Å². The van der Waals surface area contributed by atoms with Crippen LogP contribution in [0.5, 0.6) is 0 Å². The summed E-state index contributed by atoms with van der Waals surface area (Å²) in [7, 11) is 0. The molecule has 0 bridgehead atoms. The number of aromatic amines is 1. The number of nitrogens with two attached hydrogens (primary N) is 1. The molecule has 2 aromatic heterocycles. The lowest BCUT2D eigenvalue weighted by Crippen LogP contribution is -2.24. The minimum absolute atomic E-state index is 0.186. The summed E-state index contributed by atoms with van der Waals surface area (Å²) in [5.41, 5.74) is 5.86. The maximum absolute atomic E-state index is 11.9. The molecule has 0 unspecified atom stereocenters. The van der Waals surface area contributed by atoms with Crippen molar-refractivity contribution in [3.63, 3.8) is 0 Å². The van der Waals surface area contributed by atoms with Crippen LogP contribution in [0.2, 0.25) is 0 Å². The number of hydrogen-bond acceptors (Lipinski definition) is 4. The first-order valence-corrected chi connectivity index (χ1v) is 4.68. The predicted octanol–water partition coefficient (Wildman–Crippen LogP) is -0.281. The van der Waals surface area contributed by atoms with Gasteiger partial charge in [-0.1, -0.05) is 0 Å². The lowest BCUT2D eigenvalue weighted by molar-refractivity contribution is 0.0940. The monoisotopic (exact) mass is 218 g/mol. The molecule has 82 valence electrons. The van der Waals surface area contributed by atoms with Gasteiger partial charge in [-0.3, -0.25) is 19.7 Å². The van der Waals surface area contributed by atoms with Crippen molar-refractivity contribution in [3.05, 3.63) is 52.2 Å². The Kier molecular flexibility index (Phi) is 2.65. The van der Waals surface area contributed by atoms with E-state index >= 15 is 0 Å². The van der Waals surface area contributed by atoms with Crippen molar-refractivity contribution >= 4 is 5.91 Å². The third kappa shape index (κ3) is 1.78. The van der Waals surface area contributed by atoms with Gasteiger partial charge in [-0.05, 0) is 12.1 Å². The number of nitrogens with one attached hydrogen (secondary N) is 1. The average molecular weight is 218 g/mol. The Morgan fingerprint density at radius 1 is 1.44 bits per heavy atom. The molecule has 6 heteroatoms. The zero-order chi connectivity index (χ0) is 11.5. The summed E-state index contributed by atoms with van der Waals surface area (Å²) >= 11 is 0. The highest BCUT2D eigenvalue weighted by Gasteiger charge is 2.11. The second-order valence-corrected chi connectivity index (χ2v) is 3.20. The Morgan fingerprint density at radius 2 is 2.12 bits per heavy atom. The molecule has 0 saturated heterocycles. The quantitative estimate of drug-likeness (QED) is 0.724. The standard InChI is InChI=1S/C10H10N4O2/c11-6-8-5-9(15)14(13-8)10(16)7-1-3-12-4-2-7/h1-5,13H,6,11H2. The molecule has 3 N–H and O–H groups in total. The Morgan fingerprint density at radius 3 is 2.69 bits per heavy atom. The van der Waals surface area contributed by atoms with Gasteiger partial charge >= 0.3 is 0 Å². The van der Waals surface area contributed by atoms with Crippen LogP contribution in [0.1, 0.15) is 16.1 Å². The normalized spacial score (nSPS) is 10.3.